The van der Waals surface area contributed by atoms with Crippen LogP contribution in [0.3, 0.4) is 0 Å². The van der Waals surface area contributed by atoms with Crippen molar-refractivity contribution in [2.75, 3.05) is 13.1 Å². The number of carbonyl (C=O) groups excluding carboxylic acids is 2. The molecule has 1 aliphatic rings. The third kappa shape index (κ3) is 4.86. The van der Waals surface area contributed by atoms with Gasteiger partial charge in [0, 0.05) is 43.1 Å². The number of carbonyl (C=O) groups is 2. The van der Waals surface area contributed by atoms with Gasteiger partial charge in [0.15, 0.2) is 5.82 Å². The largest absolute Gasteiger partial charge is 0.444 e. The van der Waals surface area contributed by atoms with Gasteiger partial charge in [-0.1, -0.05) is 18.2 Å². The maximum atomic E-state index is 13.5. The summed E-state index contributed by atoms with van der Waals surface area (Å²) in [6.45, 7) is 8.86. The van der Waals surface area contributed by atoms with Crippen LogP contribution in [0.2, 0.25) is 0 Å². The fourth-order valence-corrected chi connectivity index (χ4v) is 5.21. The number of para-hydroxylation sites is 1. The topological polar surface area (TPSA) is 102 Å². The van der Waals surface area contributed by atoms with E-state index in [-0.39, 0.29) is 12.5 Å². The molecule has 3 heterocycles. The molecule has 0 bridgehead atoms. The number of aryl methyl sites for hydroxylation is 2. The molecule has 2 amide bonds. The monoisotopic (exact) mass is 517 g/mol. The van der Waals surface area contributed by atoms with Crippen LogP contribution in [0.25, 0.3) is 33.5 Å². The van der Waals surface area contributed by atoms with Gasteiger partial charge >= 0.3 is 6.09 Å². The number of benzene rings is 2. The van der Waals surface area contributed by atoms with Gasteiger partial charge in [-0.3, -0.25) is 4.79 Å². The molecule has 2 atom stereocenters. The molecule has 0 saturated carbocycles. The maximum Gasteiger partial charge on any atom is 0.408 e. The quantitative estimate of drug-likeness (QED) is 0.420. The van der Waals surface area contributed by atoms with Gasteiger partial charge in [-0.25, -0.2) is 9.78 Å². The van der Waals surface area contributed by atoms with E-state index in [1.54, 1.807) is 25.7 Å². The first kappa shape index (κ1) is 25.8. The number of alkyl carbamates (subject to hydrolysis) is 1. The smallest absolute Gasteiger partial charge is 0.408 e. The molecule has 1 saturated heterocycles. The number of nitrogens with zero attached hydrogens (tertiary/aromatic N) is 4. The van der Waals surface area contributed by atoms with Gasteiger partial charge in [-0.05, 0) is 64.4 Å². The fourth-order valence-electron chi connectivity index (χ4n) is 5.21. The lowest BCUT2D eigenvalue weighted by Crippen LogP contribution is -2.57. The van der Waals surface area contributed by atoms with Crippen LogP contribution >= 0.6 is 0 Å². The summed E-state index contributed by atoms with van der Waals surface area (Å²) >= 11 is 0. The zero-order valence-electron chi connectivity index (χ0n) is 22.6. The molecule has 5 rings (SSSR count). The minimum Gasteiger partial charge on any atom is -0.444 e. The molecule has 2 unspecified atom stereocenters. The number of nitrogens with one attached hydrogen (secondary N) is 1. The third-order valence-corrected chi connectivity index (χ3v) is 7.05. The molecular formula is C29H35N5O4. The van der Waals surface area contributed by atoms with Crippen LogP contribution in [-0.4, -0.2) is 67.0 Å². The van der Waals surface area contributed by atoms with Crippen LogP contribution in [-0.2, 0) is 18.3 Å². The first-order valence-corrected chi connectivity index (χ1v) is 13.1. The van der Waals surface area contributed by atoms with Crippen LogP contribution in [0.1, 0.15) is 44.5 Å². The number of aliphatic hydroxyl groups excluding tert-OH is 1. The Bertz CT molecular complexity index is 1510. The van der Waals surface area contributed by atoms with Gasteiger partial charge in [0.05, 0.1) is 28.9 Å². The highest BCUT2D eigenvalue weighted by atomic mass is 16.6. The summed E-state index contributed by atoms with van der Waals surface area (Å²) in [6.07, 6.45) is -0.996. The summed E-state index contributed by atoms with van der Waals surface area (Å²) in [5.74, 6) is 0.676. The molecule has 38 heavy (non-hydrogen) atoms. The second kappa shape index (κ2) is 9.79. The molecule has 0 aliphatic carbocycles. The van der Waals surface area contributed by atoms with Crippen molar-refractivity contribution < 1.29 is 19.4 Å². The van der Waals surface area contributed by atoms with Crippen LogP contribution in [0.4, 0.5) is 4.79 Å². The number of fused-ring (bicyclic) bond motifs is 2. The van der Waals surface area contributed by atoms with Crippen molar-refractivity contribution in [2.24, 2.45) is 7.05 Å². The van der Waals surface area contributed by atoms with Crippen LogP contribution in [0, 0.1) is 0 Å². The molecule has 9 nitrogen and oxygen atoms in total. The molecule has 200 valence electrons. The maximum absolute atomic E-state index is 13.5. The van der Waals surface area contributed by atoms with E-state index >= 15 is 0 Å². The van der Waals surface area contributed by atoms with Gasteiger partial charge in [0.1, 0.15) is 5.60 Å². The van der Waals surface area contributed by atoms with E-state index in [0.717, 1.165) is 40.0 Å². The molecule has 4 aromatic rings. The number of piperidine rings is 1. The Morgan fingerprint density at radius 1 is 1.13 bits per heavy atom. The van der Waals surface area contributed by atoms with E-state index in [2.05, 4.69) is 39.6 Å². The minimum atomic E-state index is -0.752. The lowest BCUT2D eigenvalue weighted by Gasteiger charge is -2.36. The number of ether oxygens (including phenoxy) is 1. The van der Waals surface area contributed by atoms with Crippen molar-refractivity contribution in [1.29, 1.82) is 0 Å². The van der Waals surface area contributed by atoms with Gasteiger partial charge in [0.2, 0.25) is 0 Å². The van der Waals surface area contributed by atoms with E-state index < -0.39 is 23.8 Å². The molecule has 0 spiro atoms. The van der Waals surface area contributed by atoms with Crippen molar-refractivity contribution in [1.82, 2.24) is 24.3 Å². The zero-order valence-corrected chi connectivity index (χ0v) is 22.6. The summed E-state index contributed by atoms with van der Waals surface area (Å²) in [5.41, 5.74) is 3.73. The zero-order chi connectivity index (χ0) is 27.2. The lowest BCUT2D eigenvalue weighted by atomic mass is 10.0. The van der Waals surface area contributed by atoms with Crippen LogP contribution < -0.4 is 5.32 Å². The van der Waals surface area contributed by atoms with Gasteiger partial charge < -0.3 is 29.2 Å². The van der Waals surface area contributed by atoms with E-state index in [1.807, 2.05) is 37.4 Å². The van der Waals surface area contributed by atoms with Gasteiger partial charge in [-0.15, -0.1) is 0 Å². The van der Waals surface area contributed by atoms with Crippen molar-refractivity contribution >= 4 is 33.9 Å². The summed E-state index contributed by atoms with van der Waals surface area (Å²) in [6, 6.07) is 15.4. The molecule has 2 aromatic heterocycles. The number of rotatable bonds is 4. The molecule has 2 aromatic carbocycles. The lowest BCUT2D eigenvalue weighted by molar-refractivity contribution is 0.0210. The Balaban J connectivity index is 1.40. The molecule has 1 aliphatic heterocycles. The number of aromatic nitrogens is 3. The van der Waals surface area contributed by atoms with Crippen molar-refractivity contribution in [3.8, 4) is 11.5 Å². The Morgan fingerprint density at radius 2 is 1.89 bits per heavy atom. The number of amides is 2. The predicted molar refractivity (Wildman–Crippen MR) is 147 cm³/mol. The standard InChI is InChI=1S/C29H35N5O4/c1-6-34-22-10-8-7-9-18(22)16-24(34)26-30-20-15-19(11-12-23(20)32(26)5)27(36)33-14-13-25(35)21(17-33)31-28(37)38-29(2,3)4/h7-12,15-16,21,25,35H,6,13-14,17H2,1-5H3,(H,31,37). The van der Waals surface area contributed by atoms with E-state index in [0.29, 0.717) is 18.5 Å². The van der Waals surface area contributed by atoms with E-state index in [4.69, 9.17) is 9.72 Å². The normalized spacial score (nSPS) is 18.2. The first-order valence-electron chi connectivity index (χ1n) is 13.1. The van der Waals surface area contributed by atoms with Crippen LogP contribution in [0.5, 0.6) is 0 Å². The SMILES string of the molecule is CCn1c(-c2nc3cc(C(=O)N4CCC(O)C(NC(=O)OC(C)(C)C)C4)ccc3n2C)cc2ccccc21. The van der Waals surface area contributed by atoms with Gasteiger partial charge in [0.25, 0.3) is 5.91 Å². The minimum absolute atomic E-state index is 0.162. The number of imidazole rings is 1. The summed E-state index contributed by atoms with van der Waals surface area (Å²) in [7, 11) is 1.99. The Morgan fingerprint density at radius 3 is 2.63 bits per heavy atom. The highest BCUT2D eigenvalue weighted by Gasteiger charge is 2.33. The van der Waals surface area contributed by atoms with Crippen LogP contribution in [0.15, 0.2) is 48.5 Å². The predicted octanol–water partition coefficient (Wildman–Crippen LogP) is 4.32. The first-order chi connectivity index (χ1) is 18.1. The number of aliphatic hydroxyl groups is 1. The third-order valence-electron chi connectivity index (χ3n) is 7.05. The van der Waals surface area contributed by atoms with Crippen molar-refractivity contribution in [3.63, 3.8) is 0 Å². The molecule has 2 N–H and O–H groups in total. The average Bonchev–Trinajstić information content (AvgIpc) is 3.40. The summed E-state index contributed by atoms with van der Waals surface area (Å²) in [5, 5.41) is 14.3. The van der Waals surface area contributed by atoms with Gasteiger partial charge in [-0.2, -0.15) is 0 Å². The number of hydrogen-bond acceptors (Lipinski definition) is 5. The highest BCUT2D eigenvalue weighted by molar-refractivity contribution is 5.98. The molecule has 9 heteroatoms. The van der Waals surface area contributed by atoms with E-state index in [9.17, 15) is 14.7 Å². The molecule has 1 fully saturated rings. The van der Waals surface area contributed by atoms with Crippen molar-refractivity contribution in [2.45, 2.75) is 58.4 Å². The average molecular weight is 518 g/mol. The van der Waals surface area contributed by atoms with E-state index in [1.165, 1.54) is 0 Å². The second-order valence-corrected chi connectivity index (χ2v) is 10.9. The molecule has 0 radical (unpaired) electrons. The second-order valence-electron chi connectivity index (χ2n) is 10.9. The number of likely N-dealkylation sites (tertiary alicyclic amines) is 1. The highest BCUT2D eigenvalue weighted by Crippen LogP contribution is 2.30. The van der Waals surface area contributed by atoms with Crippen molar-refractivity contribution in [3.05, 3.63) is 54.1 Å². The molecular weight excluding hydrogens is 482 g/mol. The Hall–Kier alpha value is -3.85. The Kier molecular flexibility index (Phi) is 6.65. The Labute approximate surface area is 222 Å². The fraction of sp³-hybridized carbons (Fsp3) is 0.414. The summed E-state index contributed by atoms with van der Waals surface area (Å²) in [4.78, 5) is 32.3. The number of hydrogen-bond donors (Lipinski definition) is 2. The summed E-state index contributed by atoms with van der Waals surface area (Å²) < 4.78 is 9.63.